The van der Waals surface area contributed by atoms with Gasteiger partial charge in [0.05, 0.1) is 5.52 Å². The smallest absolute Gasteiger partial charge is 0.271 e. The van der Waals surface area contributed by atoms with Crippen LogP contribution in [0.15, 0.2) is 70.8 Å². The summed E-state index contributed by atoms with van der Waals surface area (Å²) < 4.78 is 0. The third-order valence-corrected chi connectivity index (χ3v) is 5.96. The van der Waals surface area contributed by atoms with Crippen molar-refractivity contribution in [2.24, 2.45) is 5.10 Å². The molecule has 0 spiro atoms. The molecule has 0 aliphatic heterocycles. The van der Waals surface area contributed by atoms with Crippen molar-refractivity contribution in [2.45, 2.75) is 36.3 Å². The molecule has 1 saturated carbocycles. The van der Waals surface area contributed by atoms with E-state index in [1.54, 1.807) is 23.9 Å². The normalized spacial score (nSPS) is 15.6. The van der Waals surface area contributed by atoms with Crippen LogP contribution in [0.1, 0.15) is 41.6 Å². The molecule has 0 saturated heterocycles. The molecule has 2 aromatic carbocycles. The van der Waals surface area contributed by atoms with Gasteiger partial charge in [-0.25, -0.2) is 5.43 Å². The molecule has 0 radical (unpaired) electrons. The molecule has 6 heteroatoms. The number of hydrogen-bond donors (Lipinski definition) is 1. The number of thioether (sulfide) groups is 1. The Morgan fingerprint density at radius 3 is 2.72 bits per heavy atom. The maximum atomic E-state index is 12.3. The van der Waals surface area contributed by atoms with Gasteiger partial charge in [-0.05, 0) is 42.7 Å². The van der Waals surface area contributed by atoms with E-state index in [9.17, 15) is 9.59 Å². The summed E-state index contributed by atoms with van der Waals surface area (Å²) in [6.07, 6.45) is 4.35. The minimum Gasteiger partial charge on any atom is -0.299 e. The Bertz CT molecular complexity index is 1070. The predicted octanol–water partition coefficient (Wildman–Crippen LogP) is 4.76. The number of Topliss-reactive ketones (excluding diaryl/α,β-unsaturated/α-hetero) is 1. The molecule has 1 fully saturated rings. The molecule has 1 amide bonds. The van der Waals surface area contributed by atoms with Crippen molar-refractivity contribution >= 4 is 40.1 Å². The third-order valence-electron chi connectivity index (χ3n) is 4.84. The Kier molecular flexibility index (Phi) is 6.00. The molecule has 146 valence electrons. The Morgan fingerprint density at radius 1 is 1.07 bits per heavy atom. The number of nitrogens with one attached hydrogen (secondary N) is 1. The van der Waals surface area contributed by atoms with Crippen LogP contribution in [0.4, 0.5) is 0 Å². The Morgan fingerprint density at radius 2 is 1.90 bits per heavy atom. The van der Waals surface area contributed by atoms with Crippen molar-refractivity contribution in [3.63, 3.8) is 0 Å². The van der Waals surface area contributed by atoms with Gasteiger partial charge in [0.25, 0.3) is 5.91 Å². The zero-order valence-corrected chi connectivity index (χ0v) is 16.7. The van der Waals surface area contributed by atoms with Gasteiger partial charge in [-0.3, -0.25) is 14.6 Å². The Hall–Kier alpha value is -2.99. The lowest BCUT2D eigenvalue weighted by Gasteiger charge is -2.11. The number of para-hydroxylation sites is 1. The van der Waals surface area contributed by atoms with E-state index in [1.165, 1.54) is 0 Å². The zero-order chi connectivity index (χ0) is 20.1. The second-order valence-electron chi connectivity index (χ2n) is 7.00. The summed E-state index contributed by atoms with van der Waals surface area (Å²) >= 11 is 1.73. The number of ketones is 1. The fourth-order valence-electron chi connectivity index (χ4n) is 3.29. The summed E-state index contributed by atoms with van der Waals surface area (Å²) in [6.45, 7) is 0. The number of hydrazone groups is 1. The van der Waals surface area contributed by atoms with Crippen LogP contribution in [-0.4, -0.2) is 22.4 Å². The van der Waals surface area contributed by atoms with Crippen molar-refractivity contribution in [1.82, 2.24) is 10.4 Å². The van der Waals surface area contributed by atoms with E-state index < -0.39 is 0 Å². The van der Waals surface area contributed by atoms with Crippen molar-refractivity contribution in [2.75, 3.05) is 0 Å². The van der Waals surface area contributed by atoms with E-state index in [0.717, 1.165) is 45.7 Å². The summed E-state index contributed by atoms with van der Waals surface area (Å²) in [5.74, 6) is 0.725. The van der Waals surface area contributed by atoms with Gasteiger partial charge in [0.2, 0.25) is 0 Å². The van der Waals surface area contributed by atoms with Gasteiger partial charge in [-0.1, -0.05) is 30.3 Å². The first-order valence-electron chi connectivity index (χ1n) is 9.62. The lowest BCUT2D eigenvalue weighted by atomic mass is 9.97. The second-order valence-corrected chi connectivity index (χ2v) is 8.02. The van der Waals surface area contributed by atoms with Gasteiger partial charge >= 0.3 is 0 Å². The van der Waals surface area contributed by atoms with E-state index >= 15 is 0 Å². The number of hydrogen-bond acceptors (Lipinski definition) is 5. The summed E-state index contributed by atoms with van der Waals surface area (Å²) in [4.78, 5) is 29.4. The van der Waals surface area contributed by atoms with Crippen LogP contribution < -0.4 is 5.43 Å². The van der Waals surface area contributed by atoms with Crippen molar-refractivity contribution in [1.29, 1.82) is 0 Å². The maximum absolute atomic E-state index is 12.3. The van der Waals surface area contributed by atoms with Crippen molar-refractivity contribution < 1.29 is 9.59 Å². The molecule has 29 heavy (non-hydrogen) atoms. The lowest BCUT2D eigenvalue weighted by molar-refractivity contribution is -0.118. The molecule has 0 atom stereocenters. The first-order valence-corrected chi connectivity index (χ1v) is 10.6. The first kappa shape index (κ1) is 19.3. The van der Waals surface area contributed by atoms with Crippen molar-refractivity contribution in [3.05, 3.63) is 71.9 Å². The largest absolute Gasteiger partial charge is 0.299 e. The predicted molar refractivity (Wildman–Crippen MR) is 116 cm³/mol. The molecule has 3 aromatic rings. The Balaban J connectivity index is 1.37. The van der Waals surface area contributed by atoms with Crippen molar-refractivity contribution in [3.8, 4) is 0 Å². The third kappa shape index (κ3) is 4.90. The van der Waals surface area contributed by atoms with E-state index in [4.69, 9.17) is 0 Å². The summed E-state index contributed by atoms with van der Waals surface area (Å²) in [5.41, 5.74) is 6.02. The first-order chi connectivity index (χ1) is 14.2. The quantitative estimate of drug-likeness (QED) is 0.493. The molecule has 1 aromatic heterocycles. The molecule has 5 nitrogen and oxygen atoms in total. The van der Waals surface area contributed by atoms with Gasteiger partial charge < -0.3 is 0 Å². The molecule has 1 N–H and O–H groups in total. The summed E-state index contributed by atoms with van der Waals surface area (Å²) in [6, 6.07) is 17.7. The number of pyridine rings is 1. The highest BCUT2D eigenvalue weighted by Crippen LogP contribution is 2.28. The minimum absolute atomic E-state index is 0.187. The standard InChI is InChI=1S/C23H21N3O2S/c27-20-7-2-6-19(14-20)25-26-23(28)18-11-9-16(10-12-18)15-29-21-8-1-4-17-5-3-13-24-22(17)21/h1,3-5,8-13H,2,6-7,14-15H2,(H,26,28)/b25-19-. The number of nitrogens with zero attached hydrogens (tertiary/aromatic N) is 2. The highest BCUT2D eigenvalue weighted by Gasteiger charge is 2.15. The minimum atomic E-state index is -0.257. The lowest BCUT2D eigenvalue weighted by Crippen LogP contribution is -2.22. The highest BCUT2D eigenvalue weighted by atomic mass is 32.2. The monoisotopic (exact) mass is 403 g/mol. The topological polar surface area (TPSA) is 71.4 Å². The number of fused-ring (bicyclic) bond motifs is 1. The van der Waals surface area contributed by atoms with Crippen LogP contribution in [0.2, 0.25) is 0 Å². The number of aromatic nitrogens is 1. The SMILES string of the molecule is O=C1CCC/C(=N/NC(=O)c2ccc(CSc3cccc4cccnc34)cc2)C1. The van der Waals surface area contributed by atoms with Crippen LogP contribution in [0.5, 0.6) is 0 Å². The van der Waals surface area contributed by atoms with Crippen LogP contribution in [0, 0.1) is 0 Å². The molecule has 1 aliphatic carbocycles. The van der Waals surface area contributed by atoms with Gasteiger partial charge in [-0.2, -0.15) is 5.10 Å². The average Bonchev–Trinajstić information content (AvgIpc) is 2.76. The van der Waals surface area contributed by atoms with Crippen LogP contribution in [-0.2, 0) is 10.5 Å². The molecule has 0 unspecified atom stereocenters. The van der Waals surface area contributed by atoms with E-state index in [0.29, 0.717) is 18.4 Å². The fourth-order valence-corrected chi connectivity index (χ4v) is 4.29. The number of benzene rings is 2. The fraction of sp³-hybridized carbons (Fsp3) is 0.217. The van der Waals surface area contributed by atoms with Gasteiger partial charge in [0.1, 0.15) is 5.78 Å². The average molecular weight is 404 g/mol. The van der Waals surface area contributed by atoms with E-state index in [1.807, 2.05) is 30.5 Å². The summed E-state index contributed by atoms with van der Waals surface area (Å²) in [5, 5.41) is 5.25. The molecule has 1 aliphatic rings. The van der Waals surface area contributed by atoms with E-state index in [-0.39, 0.29) is 11.7 Å². The molecular formula is C23H21N3O2S. The van der Waals surface area contributed by atoms with Gasteiger partial charge in [0, 0.05) is 46.3 Å². The molecule has 4 rings (SSSR count). The molecular weight excluding hydrogens is 382 g/mol. The number of rotatable bonds is 5. The number of carbonyl (C=O) groups excluding carboxylic acids is 2. The molecule has 0 bridgehead atoms. The highest BCUT2D eigenvalue weighted by molar-refractivity contribution is 7.98. The number of carbonyl (C=O) groups is 2. The second kappa shape index (κ2) is 9.01. The molecule has 1 heterocycles. The van der Waals surface area contributed by atoms with Crippen LogP contribution in [0.3, 0.4) is 0 Å². The van der Waals surface area contributed by atoms with Gasteiger partial charge in [-0.15, -0.1) is 11.8 Å². The van der Waals surface area contributed by atoms with Gasteiger partial charge in [0.15, 0.2) is 0 Å². The Labute approximate surface area is 173 Å². The summed E-state index contributed by atoms with van der Waals surface area (Å²) in [7, 11) is 0. The van der Waals surface area contributed by atoms with Crippen LogP contribution in [0.25, 0.3) is 10.9 Å². The maximum Gasteiger partial charge on any atom is 0.271 e. The zero-order valence-electron chi connectivity index (χ0n) is 15.9. The van der Waals surface area contributed by atoms with Crippen LogP contribution >= 0.6 is 11.8 Å². The van der Waals surface area contributed by atoms with E-state index in [2.05, 4.69) is 33.7 Å². The number of amides is 1.